The van der Waals surface area contributed by atoms with Crippen LogP contribution in [0.3, 0.4) is 0 Å². The zero-order valence-corrected chi connectivity index (χ0v) is 14.4. The van der Waals surface area contributed by atoms with E-state index in [1.807, 2.05) is 0 Å². The number of methoxy groups -OCH3 is 1. The summed E-state index contributed by atoms with van der Waals surface area (Å²) in [5.41, 5.74) is 0.781. The summed E-state index contributed by atoms with van der Waals surface area (Å²) in [4.78, 5) is 25.0. The number of hydrogen-bond donors (Lipinski definition) is 2. The van der Waals surface area contributed by atoms with E-state index in [0.717, 1.165) is 0 Å². The second kappa shape index (κ2) is 7.56. The Hall–Kier alpha value is -3.55. The lowest BCUT2D eigenvalue weighted by Gasteiger charge is -2.09. The molecule has 2 heterocycles. The molecule has 3 aromatic rings. The monoisotopic (exact) mass is 354 g/mol. The zero-order valence-electron chi connectivity index (χ0n) is 14.4. The molecule has 0 fully saturated rings. The van der Waals surface area contributed by atoms with Gasteiger partial charge in [0.15, 0.2) is 5.69 Å². The summed E-state index contributed by atoms with van der Waals surface area (Å²) in [5.74, 6) is 0.250. The lowest BCUT2D eigenvalue weighted by atomic mass is 10.2. The van der Waals surface area contributed by atoms with Crippen LogP contribution < -0.4 is 15.4 Å². The van der Waals surface area contributed by atoms with Gasteiger partial charge in [0, 0.05) is 13.2 Å². The number of anilines is 1. The number of rotatable bonds is 6. The number of ether oxygens (including phenoxy) is 1. The number of nitrogens with one attached hydrogen (secondary N) is 2. The van der Waals surface area contributed by atoms with Crippen molar-refractivity contribution in [3.05, 3.63) is 65.9 Å². The van der Waals surface area contributed by atoms with Crippen molar-refractivity contribution in [3.8, 4) is 5.75 Å². The number of nitrogens with zero attached hydrogens (tertiary/aromatic N) is 2. The van der Waals surface area contributed by atoms with Gasteiger partial charge in [-0.1, -0.05) is 12.1 Å². The minimum absolute atomic E-state index is 0.113. The van der Waals surface area contributed by atoms with Crippen LogP contribution in [-0.4, -0.2) is 28.7 Å². The number of aromatic nitrogens is 2. The van der Waals surface area contributed by atoms with E-state index in [0.29, 0.717) is 22.8 Å². The van der Waals surface area contributed by atoms with E-state index in [9.17, 15) is 9.59 Å². The average Bonchev–Trinajstić information content (AvgIpc) is 3.29. The SMILES string of the molecule is COc1ccccc1C(=O)Nc1cn(C)nc1C(=O)NCc1ccco1. The van der Waals surface area contributed by atoms with Crippen molar-refractivity contribution >= 4 is 17.5 Å². The maximum Gasteiger partial charge on any atom is 0.274 e. The molecule has 26 heavy (non-hydrogen) atoms. The van der Waals surface area contributed by atoms with Crippen molar-refractivity contribution in [2.45, 2.75) is 6.54 Å². The molecule has 0 radical (unpaired) electrons. The van der Waals surface area contributed by atoms with E-state index in [1.165, 1.54) is 18.1 Å². The Balaban J connectivity index is 1.76. The maximum absolute atomic E-state index is 12.5. The van der Waals surface area contributed by atoms with Gasteiger partial charge >= 0.3 is 0 Å². The molecule has 3 rings (SSSR count). The van der Waals surface area contributed by atoms with Crippen LogP contribution in [0.2, 0.25) is 0 Å². The Morgan fingerprint density at radius 1 is 1.19 bits per heavy atom. The van der Waals surface area contributed by atoms with Gasteiger partial charge in [0.05, 0.1) is 31.2 Å². The van der Waals surface area contributed by atoms with Crippen LogP contribution in [-0.2, 0) is 13.6 Å². The zero-order chi connectivity index (χ0) is 18.5. The molecule has 0 spiro atoms. The van der Waals surface area contributed by atoms with Crippen LogP contribution in [0.1, 0.15) is 26.6 Å². The number of amides is 2. The third kappa shape index (κ3) is 3.75. The van der Waals surface area contributed by atoms with Crippen LogP contribution >= 0.6 is 0 Å². The lowest BCUT2D eigenvalue weighted by molar-refractivity contribution is 0.0943. The highest BCUT2D eigenvalue weighted by molar-refractivity contribution is 6.09. The molecule has 1 aromatic carbocycles. The van der Waals surface area contributed by atoms with E-state index < -0.39 is 11.8 Å². The van der Waals surface area contributed by atoms with Crippen LogP contribution in [0.5, 0.6) is 5.75 Å². The number of carbonyl (C=O) groups is 2. The Morgan fingerprint density at radius 2 is 2.00 bits per heavy atom. The second-order valence-electron chi connectivity index (χ2n) is 5.48. The molecule has 8 nitrogen and oxygen atoms in total. The van der Waals surface area contributed by atoms with Crippen molar-refractivity contribution in [1.29, 1.82) is 0 Å². The Morgan fingerprint density at radius 3 is 2.73 bits per heavy atom. The minimum atomic E-state index is -0.419. The quantitative estimate of drug-likeness (QED) is 0.707. The summed E-state index contributed by atoms with van der Waals surface area (Å²) in [6.07, 6.45) is 3.09. The number of hydrogen-bond acceptors (Lipinski definition) is 5. The summed E-state index contributed by atoms with van der Waals surface area (Å²) in [6, 6.07) is 10.3. The summed E-state index contributed by atoms with van der Waals surface area (Å²) in [5, 5.41) is 9.54. The largest absolute Gasteiger partial charge is 0.496 e. The molecule has 8 heteroatoms. The third-order valence-electron chi connectivity index (χ3n) is 3.65. The molecule has 0 unspecified atom stereocenters. The Kier molecular flexibility index (Phi) is 5.02. The number of benzene rings is 1. The maximum atomic E-state index is 12.5. The van der Waals surface area contributed by atoms with Crippen molar-refractivity contribution < 1.29 is 18.7 Å². The Labute approximate surface area is 149 Å². The van der Waals surface area contributed by atoms with Crippen LogP contribution in [0, 0.1) is 0 Å². The van der Waals surface area contributed by atoms with Gasteiger partial charge in [0.2, 0.25) is 0 Å². The number of furan rings is 1. The van der Waals surface area contributed by atoms with Crippen molar-refractivity contribution in [1.82, 2.24) is 15.1 Å². The van der Waals surface area contributed by atoms with E-state index >= 15 is 0 Å². The average molecular weight is 354 g/mol. The predicted molar refractivity (Wildman–Crippen MR) is 94.0 cm³/mol. The van der Waals surface area contributed by atoms with Crippen molar-refractivity contribution in [2.24, 2.45) is 7.05 Å². The predicted octanol–water partition coefficient (Wildman–Crippen LogP) is 2.20. The smallest absolute Gasteiger partial charge is 0.274 e. The van der Waals surface area contributed by atoms with Crippen LogP contribution in [0.25, 0.3) is 0 Å². The molecule has 0 bridgehead atoms. The molecule has 2 amide bonds. The molecule has 0 aliphatic rings. The van der Waals surface area contributed by atoms with Gasteiger partial charge in [-0.3, -0.25) is 14.3 Å². The first-order chi connectivity index (χ1) is 12.6. The number of aryl methyl sites for hydroxylation is 1. The third-order valence-corrected chi connectivity index (χ3v) is 3.65. The van der Waals surface area contributed by atoms with Gasteiger partial charge in [0.25, 0.3) is 11.8 Å². The van der Waals surface area contributed by atoms with Gasteiger partial charge < -0.3 is 19.8 Å². The highest BCUT2D eigenvalue weighted by atomic mass is 16.5. The van der Waals surface area contributed by atoms with Gasteiger partial charge in [-0.2, -0.15) is 5.10 Å². The summed E-state index contributed by atoms with van der Waals surface area (Å²) >= 11 is 0. The number of para-hydroxylation sites is 1. The lowest BCUT2D eigenvalue weighted by Crippen LogP contribution is -2.25. The standard InChI is InChI=1S/C18H18N4O4/c1-22-11-14(20-17(23)13-7-3-4-8-15(13)25-2)16(21-22)18(24)19-10-12-6-5-9-26-12/h3-9,11H,10H2,1-2H3,(H,19,24)(H,20,23). The van der Waals surface area contributed by atoms with E-state index in [1.54, 1.807) is 49.6 Å². The van der Waals surface area contributed by atoms with Crippen molar-refractivity contribution in [3.63, 3.8) is 0 Å². The van der Waals surface area contributed by atoms with Gasteiger partial charge in [-0.05, 0) is 24.3 Å². The van der Waals surface area contributed by atoms with E-state index in [-0.39, 0.29) is 12.2 Å². The fourth-order valence-electron chi connectivity index (χ4n) is 2.43. The molecule has 2 aromatic heterocycles. The highest BCUT2D eigenvalue weighted by Gasteiger charge is 2.20. The van der Waals surface area contributed by atoms with Crippen LogP contribution in [0.15, 0.2) is 53.3 Å². The second-order valence-corrected chi connectivity index (χ2v) is 5.48. The first-order valence-electron chi connectivity index (χ1n) is 7.87. The molecule has 134 valence electrons. The molecule has 0 aliphatic carbocycles. The van der Waals surface area contributed by atoms with E-state index in [4.69, 9.17) is 9.15 Å². The molecular formula is C18H18N4O4. The first-order valence-corrected chi connectivity index (χ1v) is 7.87. The fourth-order valence-corrected chi connectivity index (χ4v) is 2.43. The Bertz CT molecular complexity index is 915. The highest BCUT2D eigenvalue weighted by Crippen LogP contribution is 2.20. The van der Waals surface area contributed by atoms with Gasteiger partial charge in [0.1, 0.15) is 11.5 Å². The molecule has 2 N–H and O–H groups in total. The topological polar surface area (TPSA) is 98.4 Å². The van der Waals surface area contributed by atoms with Crippen LogP contribution in [0.4, 0.5) is 5.69 Å². The number of carbonyl (C=O) groups excluding carboxylic acids is 2. The summed E-state index contributed by atoms with van der Waals surface area (Å²) < 4.78 is 11.8. The van der Waals surface area contributed by atoms with Gasteiger partial charge in [-0.15, -0.1) is 0 Å². The molecule has 0 saturated heterocycles. The first kappa shape index (κ1) is 17.3. The van der Waals surface area contributed by atoms with Crippen molar-refractivity contribution in [2.75, 3.05) is 12.4 Å². The molecule has 0 aliphatic heterocycles. The normalized spacial score (nSPS) is 10.4. The summed E-state index contributed by atoms with van der Waals surface area (Å²) in [7, 11) is 3.16. The summed E-state index contributed by atoms with van der Waals surface area (Å²) in [6.45, 7) is 0.225. The minimum Gasteiger partial charge on any atom is -0.496 e. The fraction of sp³-hybridized carbons (Fsp3) is 0.167. The molecular weight excluding hydrogens is 336 g/mol. The van der Waals surface area contributed by atoms with E-state index in [2.05, 4.69) is 15.7 Å². The molecule has 0 atom stereocenters. The van der Waals surface area contributed by atoms with Gasteiger partial charge in [-0.25, -0.2) is 0 Å². The molecule has 0 saturated carbocycles.